The lowest BCUT2D eigenvalue weighted by Crippen LogP contribution is -2.36. The van der Waals surface area contributed by atoms with Crippen LogP contribution in [-0.2, 0) is 26.1 Å². The first-order valence-corrected chi connectivity index (χ1v) is 13.7. The van der Waals surface area contributed by atoms with Gasteiger partial charge in [-0.05, 0) is 74.8 Å². The third-order valence-electron chi connectivity index (χ3n) is 5.96. The molecule has 38 heavy (non-hydrogen) atoms. The second-order valence-electron chi connectivity index (χ2n) is 10.2. The highest BCUT2D eigenvalue weighted by Crippen LogP contribution is 2.41. The molecule has 0 unspecified atom stereocenters. The molecule has 0 atom stereocenters. The third-order valence-corrected chi connectivity index (χ3v) is 7.27. The Kier molecular flexibility index (Phi) is 8.27. The van der Waals surface area contributed by atoms with Crippen molar-refractivity contribution in [3.63, 3.8) is 0 Å². The number of amides is 1. The number of nitrogens with zero attached hydrogens (tertiary/aromatic N) is 2. The van der Waals surface area contributed by atoms with Crippen molar-refractivity contribution in [2.45, 2.75) is 56.6 Å². The molecule has 1 fully saturated rings. The van der Waals surface area contributed by atoms with Crippen LogP contribution in [0.5, 0.6) is 0 Å². The number of sulfonamides is 1. The molecular weight excluding hydrogens is 511 g/mol. The van der Waals surface area contributed by atoms with Crippen LogP contribution in [0.1, 0.15) is 50.7 Å². The van der Waals surface area contributed by atoms with Gasteiger partial charge in [0.2, 0.25) is 5.95 Å². The summed E-state index contributed by atoms with van der Waals surface area (Å²) in [5.74, 6) is 0.183. The van der Waals surface area contributed by atoms with E-state index < -0.39 is 32.4 Å². The molecular formula is C27H31FN4O5S. The van der Waals surface area contributed by atoms with Gasteiger partial charge in [0.15, 0.2) is 0 Å². The number of hydrogen-bond acceptors (Lipinski definition) is 8. The smallest absolute Gasteiger partial charge is 0.421 e. The minimum absolute atomic E-state index is 0.00626. The van der Waals surface area contributed by atoms with E-state index in [9.17, 15) is 17.6 Å². The van der Waals surface area contributed by atoms with Crippen molar-refractivity contribution >= 4 is 27.8 Å². The number of carbonyl (C=O) groups is 1. The molecule has 4 rings (SSSR count). The number of rotatable bonds is 9. The summed E-state index contributed by atoms with van der Waals surface area (Å²) in [6, 6.07) is 13.3. The zero-order valence-corrected chi connectivity index (χ0v) is 22.3. The summed E-state index contributed by atoms with van der Waals surface area (Å²) >= 11 is 0. The van der Waals surface area contributed by atoms with Gasteiger partial charge in [-0.1, -0.05) is 30.3 Å². The van der Waals surface area contributed by atoms with Gasteiger partial charge in [-0.25, -0.2) is 32.3 Å². The largest absolute Gasteiger partial charge is 0.443 e. The van der Waals surface area contributed by atoms with Crippen LogP contribution in [-0.4, -0.2) is 36.7 Å². The number of anilines is 2. The van der Waals surface area contributed by atoms with Crippen molar-refractivity contribution in [2.24, 2.45) is 5.92 Å². The van der Waals surface area contributed by atoms with Crippen LogP contribution >= 0.6 is 0 Å². The Balaban J connectivity index is 1.27. The Morgan fingerprint density at radius 1 is 1.08 bits per heavy atom. The first-order chi connectivity index (χ1) is 18.0. The van der Waals surface area contributed by atoms with E-state index in [1.54, 1.807) is 37.9 Å². The minimum Gasteiger partial charge on any atom is -0.443 e. The molecule has 202 valence electrons. The summed E-state index contributed by atoms with van der Waals surface area (Å²) in [5.41, 5.74) is 1.27. The maximum atomic E-state index is 14.7. The topological polar surface area (TPSA) is 120 Å². The quantitative estimate of drug-likeness (QED) is 0.375. The van der Waals surface area contributed by atoms with Gasteiger partial charge in [-0.3, -0.25) is 0 Å². The lowest BCUT2D eigenvalue weighted by molar-refractivity contribution is 0.0507. The highest BCUT2D eigenvalue weighted by Gasteiger charge is 2.31. The highest BCUT2D eigenvalue weighted by atomic mass is 32.2. The Morgan fingerprint density at radius 2 is 1.76 bits per heavy atom. The highest BCUT2D eigenvalue weighted by molar-refractivity contribution is 7.90. The fourth-order valence-electron chi connectivity index (χ4n) is 4.03. The van der Waals surface area contributed by atoms with Gasteiger partial charge in [0.05, 0.1) is 17.2 Å². The Hall–Kier alpha value is -3.57. The number of nitrogens with one attached hydrogen (secondary N) is 2. The van der Waals surface area contributed by atoms with E-state index in [0.29, 0.717) is 25.0 Å². The maximum absolute atomic E-state index is 14.7. The molecule has 0 radical (unpaired) electrons. The molecule has 1 heterocycles. The summed E-state index contributed by atoms with van der Waals surface area (Å²) in [6.45, 7) is 6.11. The normalized spacial score (nSPS) is 17.4. The van der Waals surface area contributed by atoms with Crippen LogP contribution in [0.4, 0.5) is 20.8 Å². The van der Waals surface area contributed by atoms with Crippen molar-refractivity contribution in [3.8, 4) is 0 Å². The number of carbonyl (C=O) groups excluding carboxylic acids is 1. The average molecular weight is 543 g/mol. The Bertz CT molecular complexity index is 1360. The molecule has 1 aliphatic carbocycles. The fourth-order valence-corrected chi connectivity index (χ4v) is 4.91. The first kappa shape index (κ1) is 27.5. The summed E-state index contributed by atoms with van der Waals surface area (Å²) < 4.78 is 52.0. The maximum Gasteiger partial charge on any atom is 0.421 e. The monoisotopic (exact) mass is 542 g/mol. The summed E-state index contributed by atoms with van der Waals surface area (Å²) in [6.07, 6.45) is 4.26. The van der Waals surface area contributed by atoms with Crippen molar-refractivity contribution in [3.05, 3.63) is 77.9 Å². The number of hydrogen-bond donors (Lipinski definition) is 2. The minimum atomic E-state index is -4.31. The molecule has 2 N–H and O–H groups in total. The van der Waals surface area contributed by atoms with E-state index in [1.165, 1.54) is 12.1 Å². The number of halogens is 1. The van der Waals surface area contributed by atoms with Gasteiger partial charge in [0.1, 0.15) is 11.4 Å². The van der Waals surface area contributed by atoms with Crippen LogP contribution in [0.2, 0.25) is 0 Å². The van der Waals surface area contributed by atoms with Gasteiger partial charge >= 0.3 is 6.09 Å². The molecule has 3 aromatic rings. The van der Waals surface area contributed by atoms with E-state index in [4.69, 9.17) is 9.47 Å². The van der Waals surface area contributed by atoms with Crippen LogP contribution in [0.15, 0.2) is 65.8 Å². The van der Waals surface area contributed by atoms with Crippen LogP contribution < -0.4 is 10.0 Å². The lowest BCUT2D eigenvalue weighted by Gasteiger charge is -2.35. The second-order valence-corrected chi connectivity index (χ2v) is 11.9. The van der Waals surface area contributed by atoms with Gasteiger partial charge in [0, 0.05) is 19.0 Å². The molecule has 0 aliphatic heterocycles. The fraction of sp³-hybridized carbons (Fsp3) is 0.370. The molecule has 0 saturated heterocycles. The number of aromatic nitrogens is 2. The Morgan fingerprint density at radius 3 is 2.39 bits per heavy atom. The van der Waals surface area contributed by atoms with Crippen molar-refractivity contribution in [2.75, 3.05) is 11.9 Å². The molecule has 1 aromatic heterocycles. The molecule has 9 nitrogen and oxygen atoms in total. The first-order valence-electron chi connectivity index (χ1n) is 12.2. The van der Waals surface area contributed by atoms with Crippen LogP contribution in [0.25, 0.3) is 0 Å². The van der Waals surface area contributed by atoms with E-state index in [0.717, 1.165) is 30.0 Å². The SMILES string of the molecule is CC(C)(C)OC(=O)NS(=O)(=O)c1ccc(Nc2ncc(C3CC(COCc4ccccc4)C3)cn2)c(F)c1. The molecule has 0 bridgehead atoms. The molecule has 1 saturated carbocycles. The van der Waals surface area contributed by atoms with Crippen LogP contribution in [0, 0.1) is 11.7 Å². The van der Waals surface area contributed by atoms with E-state index in [2.05, 4.69) is 15.3 Å². The van der Waals surface area contributed by atoms with E-state index in [-0.39, 0.29) is 11.6 Å². The zero-order valence-electron chi connectivity index (χ0n) is 21.5. The van der Waals surface area contributed by atoms with Gasteiger partial charge in [-0.2, -0.15) is 0 Å². The van der Waals surface area contributed by atoms with Gasteiger partial charge in [0.25, 0.3) is 10.0 Å². The molecule has 2 aromatic carbocycles. The van der Waals surface area contributed by atoms with Gasteiger partial charge < -0.3 is 14.8 Å². The molecule has 1 amide bonds. The Labute approximate surface area is 221 Å². The van der Waals surface area contributed by atoms with Crippen molar-refractivity contribution in [1.82, 2.24) is 14.7 Å². The molecule has 11 heteroatoms. The zero-order chi connectivity index (χ0) is 27.3. The average Bonchev–Trinajstić information content (AvgIpc) is 2.81. The second kappa shape index (κ2) is 11.4. The van der Waals surface area contributed by atoms with E-state index >= 15 is 0 Å². The van der Waals surface area contributed by atoms with Crippen molar-refractivity contribution < 1.29 is 27.1 Å². The molecule has 0 spiro atoms. The lowest BCUT2D eigenvalue weighted by atomic mass is 9.72. The summed E-state index contributed by atoms with van der Waals surface area (Å²) in [7, 11) is -4.31. The third kappa shape index (κ3) is 7.48. The van der Waals surface area contributed by atoms with Gasteiger partial charge in [-0.15, -0.1) is 0 Å². The van der Waals surface area contributed by atoms with Crippen LogP contribution in [0.3, 0.4) is 0 Å². The predicted molar refractivity (Wildman–Crippen MR) is 140 cm³/mol. The summed E-state index contributed by atoms with van der Waals surface area (Å²) in [5, 5.41) is 2.75. The summed E-state index contributed by atoms with van der Waals surface area (Å²) in [4.78, 5) is 20.0. The number of ether oxygens (including phenoxy) is 2. The molecule has 1 aliphatic rings. The number of benzene rings is 2. The van der Waals surface area contributed by atoms with E-state index in [1.807, 2.05) is 30.3 Å². The predicted octanol–water partition coefficient (Wildman–Crippen LogP) is 5.28. The standard InChI is InChI=1S/C27H31FN4O5S/c1-27(2,3)37-26(33)32-38(34,35)22-9-10-24(23(28)13-22)31-25-29-14-21(15-30-25)20-11-19(12-20)17-36-16-18-7-5-4-6-8-18/h4-10,13-15,19-20H,11-12,16-17H2,1-3H3,(H,32,33)(H,29,30,31). The van der Waals surface area contributed by atoms with Crippen molar-refractivity contribution in [1.29, 1.82) is 0 Å².